The Kier molecular flexibility index (Phi) is 4.98. The molecule has 2 aromatic rings. The minimum Gasteiger partial charge on any atom is -0.508 e. The number of hydrogen-bond donors (Lipinski definition) is 1. The van der Waals surface area contributed by atoms with Crippen LogP contribution in [0.15, 0.2) is 24.3 Å². The quantitative estimate of drug-likeness (QED) is 0.722. The second-order valence-electron chi connectivity index (χ2n) is 4.18. The summed E-state index contributed by atoms with van der Waals surface area (Å²) in [6.07, 6.45) is -5.79. The van der Waals surface area contributed by atoms with Gasteiger partial charge in [0.2, 0.25) is 0 Å². The summed E-state index contributed by atoms with van der Waals surface area (Å²) in [5.41, 5.74) is 0.0428. The number of alkyl halides is 3. The molecule has 20 heavy (non-hydrogen) atoms. The number of hydrogen-bond acceptors (Lipinski definition) is 1. The molecule has 0 aliphatic rings. The Balaban J connectivity index is 0.000000956. The molecule has 0 bridgehead atoms. The third-order valence-electron chi connectivity index (χ3n) is 2.73. The van der Waals surface area contributed by atoms with E-state index in [1.54, 1.807) is 6.92 Å². The van der Waals surface area contributed by atoms with Gasteiger partial charge in [-0.25, -0.2) is 4.39 Å². The average Bonchev–Trinajstić information content (AvgIpc) is 2.33. The van der Waals surface area contributed by atoms with Gasteiger partial charge in [-0.2, -0.15) is 13.2 Å². The number of fused-ring (bicyclic) bond motifs is 1. The highest BCUT2D eigenvalue weighted by molar-refractivity contribution is 5.90. The van der Waals surface area contributed by atoms with E-state index in [-0.39, 0.29) is 16.7 Å². The van der Waals surface area contributed by atoms with Crippen molar-refractivity contribution >= 4 is 10.8 Å². The number of aryl methyl sites for hydroxylation is 1. The minimum atomic E-state index is -4.47. The lowest BCUT2D eigenvalue weighted by molar-refractivity contribution is -0.127. The molecule has 1 nitrogen and oxygen atoms in total. The zero-order chi connectivity index (χ0) is 15.5. The van der Waals surface area contributed by atoms with Crippen molar-refractivity contribution in [2.24, 2.45) is 0 Å². The number of rotatable bonds is 1. The molecule has 0 spiro atoms. The summed E-state index contributed by atoms with van der Waals surface area (Å²) in [4.78, 5) is 0. The highest BCUT2D eigenvalue weighted by Crippen LogP contribution is 2.32. The molecule has 1 N–H and O–H groups in total. The van der Waals surface area contributed by atoms with Crippen LogP contribution in [0.4, 0.5) is 17.6 Å². The maximum absolute atomic E-state index is 13.6. The first-order chi connectivity index (χ1) is 9.28. The van der Waals surface area contributed by atoms with Gasteiger partial charge in [0.05, 0.1) is 6.42 Å². The van der Waals surface area contributed by atoms with Crippen LogP contribution in [0.3, 0.4) is 0 Å². The van der Waals surface area contributed by atoms with Gasteiger partial charge >= 0.3 is 6.18 Å². The van der Waals surface area contributed by atoms with Crippen LogP contribution >= 0.6 is 0 Å². The molecule has 0 atom stereocenters. The summed E-state index contributed by atoms with van der Waals surface area (Å²) in [6, 6.07) is 4.99. The molecule has 2 aromatic carbocycles. The van der Waals surface area contributed by atoms with Crippen molar-refractivity contribution in [3.8, 4) is 5.75 Å². The Bertz CT molecular complexity index is 603. The van der Waals surface area contributed by atoms with Gasteiger partial charge in [0.15, 0.2) is 0 Å². The Morgan fingerprint density at radius 3 is 2.25 bits per heavy atom. The molecular formula is C15H16F4O. The molecule has 0 radical (unpaired) electrons. The Morgan fingerprint density at radius 2 is 1.70 bits per heavy atom. The maximum atomic E-state index is 13.6. The standard InChI is InChI=1S/C13H10F4O.C2H6/c1-7-4-9(18)5-8-2-3-11(14)10(12(7)8)6-13(15,16)17;1-2/h2-5,18H,6H2,1H3;1-2H3. The highest BCUT2D eigenvalue weighted by atomic mass is 19.4. The lowest BCUT2D eigenvalue weighted by Crippen LogP contribution is -2.13. The van der Waals surface area contributed by atoms with E-state index in [2.05, 4.69) is 0 Å². The van der Waals surface area contributed by atoms with Gasteiger partial charge in [-0.15, -0.1) is 0 Å². The van der Waals surface area contributed by atoms with Crippen LogP contribution in [0, 0.1) is 12.7 Å². The van der Waals surface area contributed by atoms with Crippen LogP contribution in [0.5, 0.6) is 5.75 Å². The smallest absolute Gasteiger partial charge is 0.393 e. The molecule has 0 amide bonds. The number of aromatic hydroxyl groups is 1. The average molecular weight is 288 g/mol. The van der Waals surface area contributed by atoms with Crippen LogP contribution in [0.25, 0.3) is 10.8 Å². The summed E-state index contributed by atoms with van der Waals surface area (Å²) in [6.45, 7) is 5.54. The van der Waals surface area contributed by atoms with Crippen LogP contribution < -0.4 is 0 Å². The summed E-state index contributed by atoms with van der Waals surface area (Å²) >= 11 is 0. The summed E-state index contributed by atoms with van der Waals surface area (Å²) < 4.78 is 50.9. The Labute approximate surface area is 114 Å². The van der Waals surface area contributed by atoms with E-state index in [4.69, 9.17) is 0 Å². The van der Waals surface area contributed by atoms with Gasteiger partial charge in [-0.1, -0.05) is 19.9 Å². The largest absolute Gasteiger partial charge is 0.508 e. The molecular weight excluding hydrogens is 272 g/mol. The molecule has 110 valence electrons. The maximum Gasteiger partial charge on any atom is 0.393 e. The van der Waals surface area contributed by atoms with E-state index >= 15 is 0 Å². The highest BCUT2D eigenvalue weighted by Gasteiger charge is 2.30. The van der Waals surface area contributed by atoms with Gasteiger partial charge in [0, 0.05) is 5.56 Å². The van der Waals surface area contributed by atoms with Crippen molar-refractivity contribution in [2.75, 3.05) is 0 Å². The third-order valence-corrected chi connectivity index (χ3v) is 2.73. The summed E-state index contributed by atoms with van der Waals surface area (Å²) in [5, 5.41) is 10.00. The van der Waals surface area contributed by atoms with E-state index in [0.29, 0.717) is 10.9 Å². The lowest BCUT2D eigenvalue weighted by atomic mass is 9.97. The Hall–Kier alpha value is -1.78. The zero-order valence-corrected chi connectivity index (χ0v) is 11.5. The van der Waals surface area contributed by atoms with Gasteiger partial charge in [-0.3, -0.25) is 0 Å². The summed E-state index contributed by atoms with van der Waals surface area (Å²) in [5.74, 6) is -0.932. The van der Waals surface area contributed by atoms with Crippen molar-refractivity contribution in [3.63, 3.8) is 0 Å². The SMILES string of the molecule is CC.Cc1cc(O)cc2ccc(F)c(CC(F)(F)F)c12. The van der Waals surface area contributed by atoms with Crippen molar-refractivity contribution in [2.45, 2.75) is 33.4 Å². The molecule has 0 heterocycles. The predicted molar refractivity (Wildman–Crippen MR) is 71.4 cm³/mol. The van der Waals surface area contributed by atoms with E-state index in [1.165, 1.54) is 18.2 Å². The van der Waals surface area contributed by atoms with Crippen LogP contribution in [0.2, 0.25) is 0 Å². The first kappa shape index (κ1) is 16.3. The van der Waals surface area contributed by atoms with Gasteiger partial charge in [-0.05, 0) is 41.5 Å². The second-order valence-corrected chi connectivity index (χ2v) is 4.18. The minimum absolute atomic E-state index is 0.0513. The van der Waals surface area contributed by atoms with Crippen molar-refractivity contribution in [1.29, 1.82) is 0 Å². The normalized spacial score (nSPS) is 11.2. The number of halogens is 4. The van der Waals surface area contributed by atoms with Gasteiger partial charge < -0.3 is 5.11 Å². The van der Waals surface area contributed by atoms with Crippen molar-refractivity contribution in [3.05, 3.63) is 41.2 Å². The molecule has 0 aliphatic carbocycles. The molecule has 0 saturated heterocycles. The van der Waals surface area contributed by atoms with Crippen LogP contribution in [-0.2, 0) is 6.42 Å². The van der Waals surface area contributed by atoms with Gasteiger partial charge in [0.25, 0.3) is 0 Å². The molecule has 5 heteroatoms. The number of benzene rings is 2. The van der Waals surface area contributed by atoms with Crippen LogP contribution in [-0.4, -0.2) is 11.3 Å². The fraction of sp³-hybridized carbons (Fsp3) is 0.333. The predicted octanol–water partition coefficient (Wildman–Crippen LogP) is 5.12. The van der Waals surface area contributed by atoms with E-state index in [0.717, 1.165) is 6.07 Å². The molecule has 0 aliphatic heterocycles. The molecule has 0 unspecified atom stereocenters. The first-order valence-corrected chi connectivity index (χ1v) is 6.25. The number of phenolic OH excluding ortho intramolecular Hbond substituents is 1. The fourth-order valence-corrected chi connectivity index (χ4v) is 2.09. The lowest BCUT2D eigenvalue weighted by Gasteiger charge is -2.13. The first-order valence-electron chi connectivity index (χ1n) is 6.25. The molecule has 0 saturated carbocycles. The molecule has 2 rings (SSSR count). The van der Waals surface area contributed by atoms with E-state index in [1.807, 2.05) is 13.8 Å². The van der Waals surface area contributed by atoms with E-state index < -0.39 is 18.4 Å². The van der Waals surface area contributed by atoms with Crippen LogP contribution in [0.1, 0.15) is 25.0 Å². The topological polar surface area (TPSA) is 20.2 Å². The zero-order valence-electron chi connectivity index (χ0n) is 11.5. The monoisotopic (exact) mass is 288 g/mol. The second kappa shape index (κ2) is 6.11. The fourth-order valence-electron chi connectivity index (χ4n) is 2.09. The van der Waals surface area contributed by atoms with Crippen molar-refractivity contribution < 1.29 is 22.7 Å². The van der Waals surface area contributed by atoms with Gasteiger partial charge in [0.1, 0.15) is 11.6 Å². The van der Waals surface area contributed by atoms with Crippen molar-refractivity contribution in [1.82, 2.24) is 0 Å². The molecule has 0 fully saturated rings. The number of phenols is 1. The molecule has 0 aromatic heterocycles. The third kappa shape index (κ3) is 3.62. The Morgan fingerprint density at radius 1 is 1.10 bits per heavy atom. The summed E-state index contributed by atoms with van der Waals surface area (Å²) in [7, 11) is 0. The van der Waals surface area contributed by atoms with E-state index in [9.17, 15) is 22.7 Å².